The smallest absolute Gasteiger partial charge is 0.213 e. The second-order valence-electron chi connectivity index (χ2n) is 4.12. The molecule has 0 amide bonds. The third kappa shape index (κ3) is 3.19. The molecule has 1 aromatic rings. The number of rotatable bonds is 3. The maximum Gasteiger partial charge on any atom is 0.253 e. The Morgan fingerprint density at radius 3 is 2.05 bits per heavy atom. The van der Waals surface area contributed by atoms with Gasteiger partial charge >= 0.3 is 0 Å². The summed E-state index contributed by atoms with van der Waals surface area (Å²) < 4.78 is 50.9. The van der Waals surface area contributed by atoms with Gasteiger partial charge in [-0.2, -0.15) is 8.61 Å². The Bertz CT molecular complexity index is 659. The molecule has 6 nitrogen and oxygen atoms in total. The van der Waals surface area contributed by atoms with Crippen LogP contribution in [0.5, 0.6) is 0 Å². The molecule has 0 spiro atoms. The van der Waals surface area contributed by atoms with Crippen molar-refractivity contribution in [3.63, 3.8) is 0 Å². The van der Waals surface area contributed by atoms with Crippen LogP contribution in [0.4, 0.5) is 0 Å². The molecule has 0 N–H and O–H groups in total. The largest absolute Gasteiger partial charge is 0.253 e. The van der Waals surface area contributed by atoms with Crippen LogP contribution in [0.15, 0.2) is 20.1 Å². The minimum absolute atomic E-state index is 0.180. The average molecular weight is 389 g/mol. The van der Waals surface area contributed by atoms with Gasteiger partial charge in [0, 0.05) is 30.7 Å². The van der Waals surface area contributed by atoms with E-state index in [4.69, 9.17) is 0 Å². The van der Waals surface area contributed by atoms with Crippen LogP contribution in [0, 0.1) is 0 Å². The molecule has 0 unspecified atom stereocenters. The van der Waals surface area contributed by atoms with Gasteiger partial charge in [-0.05, 0) is 27.4 Å². The predicted molar refractivity (Wildman–Crippen MR) is 77.2 cm³/mol. The third-order valence-electron chi connectivity index (χ3n) is 2.83. The van der Waals surface area contributed by atoms with E-state index in [9.17, 15) is 16.8 Å². The van der Waals surface area contributed by atoms with E-state index in [-0.39, 0.29) is 30.4 Å². The molecule has 0 aromatic carbocycles. The standard InChI is InChI=1S/C9H13BrN2O4S3/c1-18(13,14)11-3-5-12(6-4-11)19(15,16)9-8(10)2-7-17-9/h2,7H,3-6H2,1H3. The van der Waals surface area contributed by atoms with Crippen molar-refractivity contribution >= 4 is 47.3 Å². The van der Waals surface area contributed by atoms with Gasteiger partial charge in [0.1, 0.15) is 4.21 Å². The maximum absolute atomic E-state index is 12.4. The molecule has 0 saturated carbocycles. The summed E-state index contributed by atoms with van der Waals surface area (Å²) in [7, 11) is -6.79. The summed E-state index contributed by atoms with van der Waals surface area (Å²) in [6, 6.07) is 1.68. The summed E-state index contributed by atoms with van der Waals surface area (Å²) in [5, 5.41) is 1.70. The minimum atomic E-state index is -3.53. The van der Waals surface area contributed by atoms with Crippen LogP contribution in [-0.4, -0.2) is 57.9 Å². The van der Waals surface area contributed by atoms with Gasteiger partial charge in [-0.1, -0.05) is 0 Å². The number of halogens is 1. The summed E-state index contributed by atoms with van der Waals surface area (Å²) in [5.41, 5.74) is 0. The minimum Gasteiger partial charge on any atom is -0.213 e. The van der Waals surface area contributed by atoms with Gasteiger partial charge in [-0.15, -0.1) is 11.3 Å². The lowest BCUT2D eigenvalue weighted by Crippen LogP contribution is -2.50. The van der Waals surface area contributed by atoms with Crippen molar-refractivity contribution in [1.29, 1.82) is 0 Å². The quantitative estimate of drug-likeness (QED) is 0.766. The number of piperazine rings is 1. The van der Waals surface area contributed by atoms with Crippen LogP contribution < -0.4 is 0 Å². The first-order chi connectivity index (χ1) is 8.73. The van der Waals surface area contributed by atoms with E-state index in [1.807, 2.05) is 0 Å². The van der Waals surface area contributed by atoms with Crippen LogP contribution in [0.2, 0.25) is 0 Å². The van der Waals surface area contributed by atoms with E-state index >= 15 is 0 Å². The van der Waals surface area contributed by atoms with Crippen molar-refractivity contribution in [2.45, 2.75) is 4.21 Å². The van der Waals surface area contributed by atoms with Crippen molar-refractivity contribution in [1.82, 2.24) is 8.61 Å². The van der Waals surface area contributed by atoms with Gasteiger partial charge in [0.2, 0.25) is 10.0 Å². The van der Waals surface area contributed by atoms with Crippen LogP contribution >= 0.6 is 27.3 Å². The second kappa shape index (κ2) is 5.41. The summed E-state index contributed by atoms with van der Waals surface area (Å²) in [6.45, 7) is 0.752. The summed E-state index contributed by atoms with van der Waals surface area (Å²) in [6.07, 6.45) is 1.13. The monoisotopic (exact) mass is 388 g/mol. The maximum atomic E-state index is 12.4. The van der Waals surface area contributed by atoms with Gasteiger partial charge < -0.3 is 0 Å². The third-order valence-corrected chi connectivity index (χ3v) is 8.67. The molecule has 2 heterocycles. The lowest BCUT2D eigenvalue weighted by molar-refractivity contribution is 0.274. The number of hydrogen-bond donors (Lipinski definition) is 0. The highest BCUT2D eigenvalue weighted by atomic mass is 79.9. The fourth-order valence-corrected chi connectivity index (χ4v) is 6.52. The van der Waals surface area contributed by atoms with Gasteiger partial charge in [-0.25, -0.2) is 16.8 Å². The van der Waals surface area contributed by atoms with Crippen LogP contribution in [0.3, 0.4) is 0 Å². The zero-order valence-electron chi connectivity index (χ0n) is 10.1. The first kappa shape index (κ1) is 15.4. The van der Waals surface area contributed by atoms with Crippen molar-refractivity contribution in [2.24, 2.45) is 0 Å². The van der Waals surface area contributed by atoms with Crippen molar-refractivity contribution in [3.8, 4) is 0 Å². The zero-order valence-corrected chi connectivity index (χ0v) is 14.1. The lowest BCUT2D eigenvalue weighted by atomic mass is 10.4. The van der Waals surface area contributed by atoms with E-state index in [2.05, 4.69) is 15.9 Å². The Labute approximate surface area is 125 Å². The van der Waals surface area contributed by atoms with Crippen molar-refractivity contribution in [2.75, 3.05) is 32.4 Å². The molecule has 1 aliphatic heterocycles. The van der Waals surface area contributed by atoms with Gasteiger partial charge in [-0.3, -0.25) is 0 Å². The molecule has 1 fully saturated rings. The number of nitrogens with zero attached hydrogens (tertiary/aromatic N) is 2. The van der Waals surface area contributed by atoms with Gasteiger partial charge in [0.05, 0.1) is 6.26 Å². The SMILES string of the molecule is CS(=O)(=O)N1CCN(S(=O)(=O)c2sccc2Br)CC1. The normalized spacial score (nSPS) is 19.7. The highest BCUT2D eigenvalue weighted by Crippen LogP contribution is 2.30. The van der Waals surface area contributed by atoms with Crippen LogP contribution in [0.1, 0.15) is 0 Å². The Hall–Kier alpha value is -0.000000000000000111. The van der Waals surface area contributed by atoms with Gasteiger partial charge in [0.25, 0.3) is 10.0 Å². The summed E-state index contributed by atoms with van der Waals surface area (Å²) in [5.74, 6) is 0. The molecule has 10 heteroatoms. The zero-order chi connectivity index (χ0) is 14.3. The molecule has 0 atom stereocenters. The number of sulfonamides is 2. The van der Waals surface area contributed by atoms with E-state index in [0.717, 1.165) is 17.6 Å². The first-order valence-electron chi connectivity index (χ1n) is 5.41. The fraction of sp³-hybridized carbons (Fsp3) is 0.556. The topological polar surface area (TPSA) is 74.8 Å². The average Bonchev–Trinajstić information content (AvgIpc) is 2.75. The lowest BCUT2D eigenvalue weighted by Gasteiger charge is -2.32. The molecule has 0 radical (unpaired) electrons. The number of hydrogen-bond acceptors (Lipinski definition) is 5. The first-order valence-corrected chi connectivity index (χ1v) is 10.4. The van der Waals surface area contributed by atoms with E-state index < -0.39 is 20.0 Å². The predicted octanol–water partition coefficient (Wildman–Crippen LogP) is 0.776. The van der Waals surface area contributed by atoms with E-state index in [1.165, 1.54) is 8.61 Å². The van der Waals surface area contributed by atoms with Crippen molar-refractivity contribution < 1.29 is 16.8 Å². The molecular formula is C9H13BrN2O4S3. The summed E-state index contributed by atoms with van der Waals surface area (Å²) in [4.78, 5) is 0. The highest BCUT2D eigenvalue weighted by Gasteiger charge is 2.32. The van der Waals surface area contributed by atoms with Crippen molar-refractivity contribution in [3.05, 3.63) is 15.9 Å². The van der Waals surface area contributed by atoms with E-state index in [0.29, 0.717) is 4.47 Å². The molecule has 1 saturated heterocycles. The second-order valence-corrected chi connectivity index (χ2v) is 10.0. The molecule has 108 valence electrons. The number of thiophene rings is 1. The molecule has 19 heavy (non-hydrogen) atoms. The Morgan fingerprint density at radius 2 is 1.63 bits per heavy atom. The molecule has 1 aliphatic rings. The Morgan fingerprint density at radius 1 is 1.11 bits per heavy atom. The fourth-order valence-electron chi connectivity index (χ4n) is 1.82. The Kier molecular flexibility index (Phi) is 4.38. The molecule has 2 rings (SSSR count). The molecule has 0 aliphatic carbocycles. The molecule has 0 bridgehead atoms. The van der Waals surface area contributed by atoms with E-state index in [1.54, 1.807) is 11.4 Å². The molecular weight excluding hydrogens is 376 g/mol. The highest BCUT2D eigenvalue weighted by molar-refractivity contribution is 9.10. The summed E-state index contributed by atoms with van der Waals surface area (Å²) >= 11 is 4.36. The Balaban J connectivity index is 2.16. The molecule has 1 aromatic heterocycles. The van der Waals surface area contributed by atoms with Crippen LogP contribution in [-0.2, 0) is 20.0 Å². The van der Waals surface area contributed by atoms with Crippen LogP contribution in [0.25, 0.3) is 0 Å². The van der Waals surface area contributed by atoms with Gasteiger partial charge in [0.15, 0.2) is 0 Å².